The lowest BCUT2D eigenvalue weighted by molar-refractivity contribution is 0.601. The first-order chi connectivity index (χ1) is 14.3. The van der Waals surface area contributed by atoms with Crippen molar-refractivity contribution in [2.45, 2.75) is 19.3 Å². The predicted molar refractivity (Wildman–Crippen MR) is 118 cm³/mol. The maximum Gasteiger partial charge on any atom is 0.144 e. The van der Waals surface area contributed by atoms with E-state index in [1.807, 2.05) is 16.7 Å². The molecule has 0 fully saturated rings. The Balaban J connectivity index is 1.94. The first-order valence-corrected chi connectivity index (χ1v) is 10.1. The molecular weight excluding hydrogens is 425 g/mol. The summed E-state index contributed by atoms with van der Waals surface area (Å²) in [5.41, 5.74) is 2.80. The van der Waals surface area contributed by atoms with E-state index < -0.39 is 5.41 Å². The summed E-state index contributed by atoms with van der Waals surface area (Å²) in [4.78, 5) is 4.63. The van der Waals surface area contributed by atoms with Crippen molar-refractivity contribution in [1.82, 2.24) is 9.55 Å². The average Bonchev–Trinajstić information content (AvgIpc) is 3.17. The Morgan fingerprint density at radius 3 is 2.00 bits per heavy atom. The molecular formula is C24H18Cl2F2N2. The number of halogens is 4. The van der Waals surface area contributed by atoms with Crippen LogP contribution >= 0.6 is 23.2 Å². The van der Waals surface area contributed by atoms with Crippen LogP contribution in [-0.2, 0) is 5.41 Å². The van der Waals surface area contributed by atoms with Gasteiger partial charge in [-0.3, -0.25) is 4.57 Å². The summed E-state index contributed by atoms with van der Waals surface area (Å²) in [6.45, 7) is 4.11. The van der Waals surface area contributed by atoms with E-state index in [4.69, 9.17) is 23.2 Å². The third kappa shape index (κ3) is 3.73. The van der Waals surface area contributed by atoms with Crippen LogP contribution in [0.15, 0.2) is 72.9 Å². The quantitative estimate of drug-likeness (QED) is 0.320. The molecule has 0 aliphatic rings. The summed E-state index contributed by atoms with van der Waals surface area (Å²) in [5, 5.41) is 0.948. The lowest BCUT2D eigenvalue weighted by Gasteiger charge is -2.28. The molecule has 0 amide bonds. The molecule has 0 atom stereocenters. The standard InChI is InChI=1S/C24H18Cl2F2N2/c1-24(2,16-5-12-20(25)21(26)13-16)22-14-29-23(15-3-6-17(27)7-4-15)30(22)19-10-8-18(28)9-11-19/h3-14H,1-2H3. The minimum atomic E-state index is -0.506. The summed E-state index contributed by atoms with van der Waals surface area (Å²) in [6, 6.07) is 17.8. The Morgan fingerprint density at radius 1 is 0.800 bits per heavy atom. The zero-order chi connectivity index (χ0) is 21.5. The van der Waals surface area contributed by atoms with E-state index in [2.05, 4.69) is 18.8 Å². The van der Waals surface area contributed by atoms with Gasteiger partial charge in [0.15, 0.2) is 0 Å². The lowest BCUT2D eigenvalue weighted by atomic mass is 9.81. The largest absolute Gasteiger partial charge is 0.296 e. The fourth-order valence-electron chi connectivity index (χ4n) is 3.48. The Labute approximate surface area is 183 Å². The molecule has 6 heteroatoms. The van der Waals surface area contributed by atoms with E-state index in [0.29, 0.717) is 15.9 Å². The number of aromatic nitrogens is 2. The molecule has 1 heterocycles. The Bertz CT molecular complexity index is 1200. The van der Waals surface area contributed by atoms with Crippen LogP contribution in [0.5, 0.6) is 0 Å². The van der Waals surface area contributed by atoms with E-state index in [1.54, 1.807) is 36.5 Å². The summed E-state index contributed by atoms with van der Waals surface area (Å²) >= 11 is 12.4. The molecule has 0 aliphatic carbocycles. The summed E-state index contributed by atoms with van der Waals surface area (Å²) in [5.74, 6) is -0.0211. The molecule has 0 spiro atoms. The van der Waals surface area contributed by atoms with E-state index in [-0.39, 0.29) is 11.6 Å². The normalized spacial score (nSPS) is 11.7. The Morgan fingerprint density at radius 2 is 1.40 bits per heavy atom. The van der Waals surface area contributed by atoms with Gasteiger partial charge in [0.2, 0.25) is 0 Å². The molecule has 152 valence electrons. The van der Waals surface area contributed by atoms with Crippen molar-refractivity contribution >= 4 is 23.2 Å². The van der Waals surface area contributed by atoms with E-state index in [1.165, 1.54) is 24.3 Å². The number of nitrogens with zero attached hydrogens (tertiary/aromatic N) is 2. The van der Waals surface area contributed by atoms with Gasteiger partial charge in [0.05, 0.1) is 21.9 Å². The van der Waals surface area contributed by atoms with Crippen LogP contribution in [0, 0.1) is 11.6 Å². The van der Waals surface area contributed by atoms with E-state index >= 15 is 0 Å². The second-order valence-corrected chi connectivity index (χ2v) is 8.35. The van der Waals surface area contributed by atoms with Crippen LogP contribution in [-0.4, -0.2) is 9.55 Å². The van der Waals surface area contributed by atoms with Gasteiger partial charge >= 0.3 is 0 Å². The van der Waals surface area contributed by atoms with Crippen molar-refractivity contribution in [2.75, 3.05) is 0 Å². The zero-order valence-electron chi connectivity index (χ0n) is 16.3. The zero-order valence-corrected chi connectivity index (χ0v) is 17.8. The molecule has 0 aliphatic heterocycles. The van der Waals surface area contributed by atoms with Crippen LogP contribution in [0.2, 0.25) is 10.0 Å². The molecule has 30 heavy (non-hydrogen) atoms. The predicted octanol–water partition coefficient (Wildman–Crippen LogP) is 7.45. The summed E-state index contributed by atoms with van der Waals surface area (Å²) < 4.78 is 29.0. The van der Waals surface area contributed by atoms with Crippen molar-refractivity contribution in [3.05, 3.63) is 106 Å². The molecule has 0 unspecified atom stereocenters. The molecule has 0 saturated heterocycles. The van der Waals surface area contributed by atoms with E-state index in [0.717, 1.165) is 22.5 Å². The maximum absolute atomic E-state index is 13.6. The van der Waals surface area contributed by atoms with Gasteiger partial charge in [-0.2, -0.15) is 0 Å². The molecule has 0 N–H and O–H groups in total. The number of hydrogen-bond acceptors (Lipinski definition) is 1. The molecule has 1 aromatic heterocycles. The molecule has 2 nitrogen and oxygen atoms in total. The number of imidazole rings is 1. The first kappa shape index (κ1) is 20.6. The Hall–Kier alpha value is -2.69. The minimum Gasteiger partial charge on any atom is -0.296 e. The highest BCUT2D eigenvalue weighted by molar-refractivity contribution is 6.42. The van der Waals surface area contributed by atoms with Crippen molar-refractivity contribution in [1.29, 1.82) is 0 Å². The minimum absolute atomic E-state index is 0.324. The van der Waals surface area contributed by atoms with E-state index in [9.17, 15) is 8.78 Å². The van der Waals surface area contributed by atoms with Gasteiger partial charge < -0.3 is 0 Å². The number of rotatable bonds is 4. The highest BCUT2D eigenvalue weighted by Gasteiger charge is 2.30. The topological polar surface area (TPSA) is 17.8 Å². The highest BCUT2D eigenvalue weighted by Crippen LogP contribution is 2.38. The van der Waals surface area contributed by atoms with Crippen molar-refractivity contribution in [2.24, 2.45) is 0 Å². The fraction of sp³-hybridized carbons (Fsp3) is 0.125. The monoisotopic (exact) mass is 442 g/mol. The van der Waals surface area contributed by atoms with Gasteiger partial charge in [-0.05, 0) is 66.2 Å². The second kappa shape index (κ2) is 7.86. The number of benzene rings is 3. The molecule has 4 rings (SSSR count). The van der Waals surface area contributed by atoms with Gasteiger partial charge in [-0.15, -0.1) is 0 Å². The third-order valence-corrected chi connectivity index (χ3v) is 5.97. The van der Waals surface area contributed by atoms with Crippen LogP contribution < -0.4 is 0 Å². The molecule has 0 radical (unpaired) electrons. The molecule has 0 saturated carbocycles. The number of hydrogen-bond donors (Lipinski definition) is 0. The van der Waals surface area contributed by atoms with Gasteiger partial charge in [-0.1, -0.05) is 43.1 Å². The van der Waals surface area contributed by atoms with Gasteiger partial charge in [0.25, 0.3) is 0 Å². The Kier molecular flexibility index (Phi) is 5.39. The third-order valence-electron chi connectivity index (χ3n) is 5.23. The fourth-order valence-corrected chi connectivity index (χ4v) is 3.78. The van der Waals surface area contributed by atoms with Crippen LogP contribution in [0.1, 0.15) is 25.1 Å². The molecule has 4 aromatic rings. The summed E-state index contributed by atoms with van der Waals surface area (Å²) in [7, 11) is 0. The van der Waals surface area contributed by atoms with Gasteiger partial charge in [0.1, 0.15) is 17.5 Å². The van der Waals surface area contributed by atoms with Gasteiger partial charge in [0, 0.05) is 16.7 Å². The second-order valence-electron chi connectivity index (χ2n) is 7.54. The molecule has 3 aromatic carbocycles. The van der Waals surface area contributed by atoms with Gasteiger partial charge in [-0.25, -0.2) is 13.8 Å². The SMILES string of the molecule is CC(C)(c1ccc(Cl)c(Cl)c1)c1cnc(-c2ccc(F)cc2)n1-c1ccc(F)cc1. The smallest absolute Gasteiger partial charge is 0.144 e. The van der Waals surface area contributed by atoms with Crippen LogP contribution in [0.3, 0.4) is 0 Å². The molecule has 0 bridgehead atoms. The van der Waals surface area contributed by atoms with Crippen LogP contribution in [0.4, 0.5) is 8.78 Å². The van der Waals surface area contributed by atoms with Crippen LogP contribution in [0.25, 0.3) is 17.1 Å². The van der Waals surface area contributed by atoms with Crippen molar-refractivity contribution < 1.29 is 8.78 Å². The summed E-state index contributed by atoms with van der Waals surface area (Å²) in [6.07, 6.45) is 1.78. The van der Waals surface area contributed by atoms with Crippen molar-refractivity contribution in [3.8, 4) is 17.1 Å². The van der Waals surface area contributed by atoms with Crippen molar-refractivity contribution in [3.63, 3.8) is 0 Å². The average molecular weight is 443 g/mol. The highest BCUT2D eigenvalue weighted by atomic mass is 35.5. The maximum atomic E-state index is 13.6. The first-order valence-electron chi connectivity index (χ1n) is 9.33. The lowest BCUT2D eigenvalue weighted by Crippen LogP contribution is -2.23.